The van der Waals surface area contributed by atoms with Crippen LogP contribution in [0.2, 0.25) is 0 Å². The molecule has 1 saturated heterocycles. The number of halogens is 2. The standard InChI is InChI=1S/C18H24FN3O3.ClH/c1-10(23)21-14-9-11(6-7-13(14)19)22-16(24)18(20)12-5-4-8-25-15(12)17(18,2)3;/h6-7,9,12,15H,4-5,8,20H2,1-3H3,(H,21,23)(H,22,24);1H. The first-order valence-electron chi connectivity index (χ1n) is 8.47. The highest BCUT2D eigenvalue weighted by atomic mass is 35.5. The zero-order valence-electron chi connectivity index (χ0n) is 15.1. The highest BCUT2D eigenvalue weighted by Gasteiger charge is 2.70. The first kappa shape index (κ1) is 20.6. The van der Waals surface area contributed by atoms with Gasteiger partial charge in [-0.2, -0.15) is 0 Å². The molecule has 0 radical (unpaired) electrons. The third kappa shape index (κ3) is 3.08. The zero-order chi connectivity index (χ0) is 18.4. The van der Waals surface area contributed by atoms with Crippen molar-refractivity contribution in [3.63, 3.8) is 0 Å². The van der Waals surface area contributed by atoms with Crippen molar-refractivity contribution in [3.05, 3.63) is 24.0 Å². The van der Waals surface area contributed by atoms with Crippen molar-refractivity contribution < 1.29 is 18.7 Å². The molecule has 1 aromatic carbocycles. The molecule has 0 bridgehead atoms. The number of hydrogen-bond donors (Lipinski definition) is 3. The van der Waals surface area contributed by atoms with Crippen LogP contribution in [0.5, 0.6) is 0 Å². The molecule has 0 aromatic heterocycles. The van der Waals surface area contributed by atoms with E-state index < -0.39 is 16.8 Å². The molecule has 3 rings (SSSR count). The molecular formula is C18H25ClFN3O3. The summed E-state index contributed by atoms with van der Waals surface area (Å²) in [6.45, 7) is 5.86. The van der Waals surface area contributed by atoms with Gasteiger partial charge < -0.3 is 21.1 Å². The molecule has 2 amide bonds. The van der Waals surface area contributed by atoms with Gasteiger partial charge in [0, 0.05) is 30.6 Å². The maximum atomic E-state index is 13.8. The van der Waals surface area contributed by atoms with Crippen LogP contribution in [0.15, 0.2) is 18.2 Å². The van der Waals surface area contributed by atoms with Crippen LogP contribution < -0.4 is 16.4 Å². The Bertz CT molecular complexity index is 728. The fraction of sp³-hybridized carbons (Fsp3) is 0.556. The lowest BCUT2D eigenvalue weighted by molar-refractivity contribution is -0.222. The van der Waals surface area contributed by atoms with Crippen molar-refractivity contribution in [3.8, 4) is 0 Å². The molecule has 6 nitrogen and oxygen atoms in total. The number of amides is 2. The van der Waals surface area contributed by atoms with E-state index in [0.717, 1.165) is 12.8 Å². The summed E-state index contributed by atoms with van der Waals surface area (Å²) in [5.74, 6) is -1.31. The van der Waals surface area contributed by atoms with E-state index in [1.54, 1.807) is 0 Å². The summed E-state index contributed by atoms with van der Waals surface area (Å²) in [5.41, 5.74) is 5.39. The Hall–Kier alpha value is -1.70. The van der Waals surface area contributed by atoms with E-state index in [0.29, 0.717) is 12.3 Å². The molecule has 4 N–H and O–H groups in total. The lowest BCUT2D eigenvalue weighted by atomic mass is 9.46. The maximum absolute atomic E-state index is 13.8. The average Bonchev–Trinajstić information content (AvgIpc) is 2.56. The average molecular weight is 386 g/mol. The summed E-state index contributed by atoms with van der Waals surface area (Å²) in [4.78, 5) is 24.1. The second-order valence-electron chi connectivity index (χ2n) is 7.46. The molecular weight excluding hydrogens is 361 g/mol. The van der Waals surface area contributed by atoms with Crippen molar-refractivity contribution in [1.29, 1.82) is 0 Å². The van der Waals surface area contributed by atoms with Crippen molar-refractivity contribution in [1.82, 2.24) is 0 Å². The van der Waals surface area contributed by atoms with Gasteiger partial charge in [0.25, 0.3) is 0 Å². The number of benzene rings is 1. The van der Waals surface area contributed by atoms with Crippen molar-refractivity contribution in [2.75, 3.05) is 17.2 Å². The fourth-order valence-electron chi connectivity index (χ4n) is 4.16. The first-order valence-corrected chi connectivity index (χ1v) is 8.47. The largest absolute Gasteiger partial charge is 0.377 e. The van der Waals surface area contributed by atoms with Crippen LogP contribution in [0.4, 0.5) is 15.8 Å². The van der Waals surface area contributed by atoms with Crippen LogP contribution in [0.3, 0.4) is 0 Å². The monoisotopic (exact) mass is 385 g/mol. The van der Waals surface area contributed by atoms with Gasteiger partial charge in [0.2, 0.25) is 11.8 Å². The quantitative estimate of drug-likeness (QED) is 0.745. The van der Waals surface area contributed by atoms with Crippen molar-refractivity contribution in [2.45, 2.75) is 45.3 Å². The van der Waals surface area contributed by atoms with E-state index in [9.17, 15) is 14.0 Å². The molecule has 2 aliphatic rings. The molecule has 144 valence electrons. The molecule has 2 fully saturated rings. The molecule has 0 spiro atoms. The third-order valence-electron chi connectivity index (χ3n) is 5.60. The van der Waals surface area contributed by atoms with Crippen LogP contribution in [-0.2, 0) is 14.3 Å². The number of nitrogens with one attached hydrogen (secondary N) is 2. The highest BCUT2D eigenvalue weighted by Crippen LogP contribution is 2.57. The van der Waals surface area contributed by atoms with Crippen LogP contribution >= 0.6 is 12.4 Å². The minimum Gasteiger partial charge on any atom is -0.377 e. The number of anilines is 2. The van der Waals surface area contributed by atoms with Gasteiger partial charge in [-0.15, -0.1) is 12.4 Å². The molecule has 3 atom stereocenters. The van der Waals surface area contributed by atoms with Crippen LogP contribution in [0.25, 0.3) is 0 Å². The zero-order valence-corrected chi connectivity index (χ0v) is 15.9. The molecule has 1 aliphatic heterocycles. The second-order valence-corrected chi connectivity index (χ2v) is 7.46. The van der Waals surface area contributed by atoms with E-state index in [1.165, 1.54) is 25.1 Å². The minimum absolute atomic E-state index is 0. The van der Waals surface area contributed by atoms with E-state index in [1.807, 2.05) is 13.8 Å². The number of hydrogen-bond acceptors (Lipinski definition) is 4. The minimum atomic E-state index is -1.05. The number of ether oxygens (including phenoxy) is 1. The van der Waals surface area contributed by atoms with Crippen LogP contribution in [0, 0.1) is 17.2 Å². The van der Waals surface area contributed by atoms with E-state index in [2.05, 4.69) is 10.6 Å². The lowest BCUT2D eigenvalue weighted by Gasteiger charge is -2.65. The Morgan fingerprint density at radius 1 is 1.31 bits per heavy atom. The smallest absolute Gasteiger partial charge is 0.245 e. The van der Waals surface area contributed by atoms with Gasteiger partial charge in [0.15, 0.2) is 0 Å². The van der Waals surface area contributed by atoms with Gasteiger partial charge in [-0.1, -0.05) is 13.8 Å². The molecule has 26 heavy (non-hydrogen) atoms. The van der Waals surface area contributed by atoms with Crippen LogP contribution in [0.1, 0.15) is 33.6 Å². The predicted octanol–water partition coefficient (Wildman–Crippen LogP) is 2.68. The van der Waals surface area contributed by atoms with E-state index in [4.69, 9.17) is 10.5 Å². The molecule has 1 aliphatic carbocycles. The normalized spacial score (nSPS) is 28.8. The lowest BCUT2D eigenvalue weighted by Crippen LogP contribution is -2.81. The molecule has 8 heteroatoms. The van der Waals surface area contributed by atoms with Crippen molar-refractivity contribution >= 4 is 35.6 Å². The number of carbonyl (C=O) groups excluding carboxylic acids is 2. The summed E-state index contributed by atoms with van der Waals surface area (Å²) >= 11 is 0. The van der Waals surface area contributed by atoms with E-state index in [-0.39, 0.29) is 41.9 Å². The Balaban J connectivity index is 0.00000243. The summed E-state index contributed by atoms with van der Waals surface area (Å²) in [6, 6.07) is 4.03. The number of carbonyl (C=O) groups is 2. The Kier molecular flexibility index (Phi) is 5.66. The molecule has 3 unspecified atom stereocenters. The van der Waals surface area contributed by atoms with Gasteiger partial charge in [0.05, 0.1) is 11.8 Å². The van der Waals surface area contributed by atoms with Gasteiger partial charge in [-0.05, 0) is 31.0 Å². The van der Waals surface area contributed by atoms with Gasteiger partial charge >= 0.3 is 0 Å². The second kappa shape index (κ2) is 7.13. The van der Waals surface area contributed by atoms with Gasteiger partial charge in [-0.3, -0.25) is 9.59 Å². The molecule has 1 aromatic rings. The van der Waals surface area contributed by atoms with Crippen LogP contribution in [-0.4, -0.2) is 30.1 Å². The highest BCUT2D eigenvalue weighted by molar-refractivity contribution is 6.01. The number of rotatable bonds is 3. The summed E-state index contributed by atoms with van der Waals surface area (Å²) < 4.78 is 19.6. The van der Waals surface area contributed by atoms with Crippen molar-refractivity contribution in [2.24, 2.45) is 17.1 Å². The molecule has 1 saturated carbocycles. The van der Waals surface area contributed by atoms with E-state index >= 15 is 0 Å². The third-order valence-corrected chi connectivity index (χ3v) is 5.60. The van der Waals surface area contributed by atoms with Gasteiger partial charge in [-0.25, -0.2) is 4.39 Å². The first-order chi connectivity index (χ1) is 11.7. The van der Waals surface area contributed by atoms with Gasteiger partial charge in [0.1, 0.15) is 11.4 Å². The fourth-order valence-corrected chi connectivity index (χ4v) is 4.16. The number of fused-ring (bicyclic) bond motifs is 1. The predicted molar refractivity (Wildman–Crippen MR) is 99.7 cm³/mol. The summed E-state index contributed by atoms with van der Waals surface area (Å²) in [7, 11) is 0. The Morgan fingerprint density at radius 3 is 2.65 bits per heavy atom. The molecule has 1 heterocycles. The Morgan fingerprint density at radius 2 is 2.00 bits per heavy atom. The Labute approximate surface area is 158 Å². The summed E-state index contributed by atoms with van der Waals surface area (Å²) in [6.07, 6.45) is 1.70. The topological polar surface area (TPSA) is 93.5 Å². The maximum Gasteiger partial charge on any atom is 0.245 e. The number of nitrogens with two attached hydrogens (primary N) is 1. The SMILES string of the molecule is CC(=O)Nc1cc(NC(=O)C2(N)C3CCCOC3C2(C)C)ccc1F.Cl. The summed E-state index contributed by atoms with van der Waals surface area (Å²) in [5, 5.41) is 5.17.